The average molecular weight is 353 g/mol. The molecule has 2 saturated carbocycles. The molecule has 0 heterocycles. The van der Waals surface area contributed by atoms with Crippen LogP contribution in [0.4, 0.5) is 0 Å². The molecule has 3 aliphatic carbocycles. The molecule has 4 rings (SSSR count). The van der Waals surface area contributed by atoms with Gasteiger partial charge in [-0.25, -0.2) is 0 Å². The molecule has 0 spiro atoms. The quantitative estimate of drug-likeness (QED) is 0.483. The average Bonchev–Trinajstić information content (AvgIpc) is 3.44. The van der Waals surface area contributed by atoms with Gasteiger partial charge in [0.05, 0.1) is 0 Å². The second-order valence-electron chi connectivity index (χ2n) is 8.72. The van der Waals surface area contributed by atoms with Crippen LogP contribution < -0.4 is 0 Å². The zero-order valence-electron chi connectivity index (χ0n) is 16.2. The van der Waals surface area contributed by atoms with Crippen molar-refractivity contribution in [1.29, 1.82) is 0 Å². The molecule has 0 aliphatic heterocycles. The zero-order chi connectivity index (χ0) is 17.6. The van der Waals surface area contributed by atoms with E-state index in [1.165, 1.54) is 80.9 Å². The van der Waals surface area contributed by atoms with Gasteiger partial charge < -0.3 is 0 Å². The predicted molar refractivity (Wildman–Crippen MR) is 117 cm³/mol. The Kier molecular flexibility index (Phi) is 8.19. The fraction of sp³-hybridized carbons (Fsp3) is 0.615. The van der Waals surface area contributed by atoms with Crippen LogP contribution in [0.5, 0.6) is 0 Å². The molecule has 26 heavy (non-hydrogen) atoms. The van der Waals surface area contributed by atoms with E-state index in [0.717, 1.165) is 18.3 Å². The van der Waals surface area contributed by atoms with Crippen LogP contribution in [-0.4, -0.2) is 0 Å². The minimum atomic E-state index is 0. The van der Waals surface area contributed by atoms with Crippen LogP contribution in [0.1, 0.15) is 83.3 Å². The van der Waals surface area contributed by atoms with Gasteiger partial charge in [-0.15, -0.1) is 0 Å². The van der Waals surface area contributed by atoms with E-state index in [1.54, 1.807) is 5.56 Å². The maximum absolute atomic E-state index is 4.43. The lowest BCUT2D eigenvalue weighted by atomic mass is 9.76. The van der Waals surface area contributed by atoms with Crippen LogP contribution in [-0.2, 0) is 12.8 Å². The molecular weight excluding hydrogens is 312 g/mol. The van der Waals surface area contributed by atoms with E-state index < -0.39 is 0 Å². The van der Waals surface area contributed by atoms with E-state index in [-0.39, 0.29) is 7.43 Å². The van der Waals surface area contributed by atoms with Crippen molar-refractivity contribution in [2.24, 2.45) is 17.8 Å². The van der Waals surface area contributed by atoms with Crippen LogP contribution >= 0.6 is 0 Å². The monoisotopic (exact) mass is 352 g/mol. The number of hydrogen-bond donors (Lipinski definition) is 0. The molecule has 2 fully saturated rings. The van der Waals surface area contributed by atoms with Crippen LogP contribution in [0.3, 0.4) is 0 Å². The van der Waals surface area contributed by atoms with Crippen molar-refractivity contribution in [1.82, 2.24) is 0 Å². The van der Waals surface area contributed by atoms with Crippen molar-refractivity contribution in [3.05, 3.63) is 59.7 Å². The molecule has 0 amide bonds. The summed E-state index contributed by atoms with van der Waals surface area (Å²) in [4.78, 5) is 0. The zero-order valence-corrected chi connectivity index (χ0v) is 16.2. The standard InChI is InChI=1S/C21H28.C4H8.CH4/c1-16(18-8-4-3-5-9-18)14-17(2)20-13-12-19-10-6-7-11-21(19)15-20;1-4-2-3-4;/h6-7,10-11,18,20H,1-5,8-9,12-15H2;4H,2-3H2,1H3;1H4. The van der Waals surface area contributed by atoms with Crippen molar-refractivity contribution >= 4 is 0 Å². The topological polar surface area (TPSA) is 0 Å². The summed E-state index contributed by atoms with van der Waals surface area (Å²) < 4.78 is 0. The van der Waals surface area contributed by atoms with Gasteiger partial charge in [-0.1, -0.05) is 95.0 Å². The SMILES string of the molecule is C.C=C(CC(=C)C1CCc2ccccc2C1)C1CCCCC1.CC1CC1. The van der Waals surface area contributed by atoms with Crippen molar-refractivity contribution in [3.8, 4) is 0 Å². The number of allylic oxidation sites excluding steroid dienone is 2. The van der Waals surface area contributed by atoms with Gasteiger partial charge in [0, 0.05) is 0 Å². The molecule has 3 aliphatic rings. The second kappa shape index (κ2) is 10.1. The number of fused-ring (bicyclic) bond motifs is 1. The first-order valence-electron chi connectivity index (χ1n) is 10.6. The van der Waals surface area contributed by atoms with Crippen LogP contribution in [0.15, 0.2) is 48.6 Å². The molecule has 0 heteroatoms. The van der Waals surface area contributed by atoms with Crippen molar-refractivity contribution in [2.45, 2.75) is 85.0 Å². The maximum Gasteiger partial charge on any atom is -0.0108 e. The third kappa shape index (κ3) is 6.15. The Hall–Kier alpha value is -1.30. The van der Waals surface area contributed by atoms with E-state index in [9.17, 15) is 0 Å². The normalized spacial score (nSPS) is 22.3. The molecule has 0 saturated heterocycles. The summed E-state index contributed by atoms with van der Waals surface area (Å²) in [5.74, 6) is 2.52. The Bertz CT molecular complexity index is 584. The van der Waals surface area contributed by atoms with Gasteiger partial charge in [-0.3, -0.25) is 0 Å². The van der Waals surface area contributed by atoms with Crippen LogP contribution in [0, 0.1) is 17.8 Å². The summed E-state index contributed by atoms with van der Waals surface area (Å²) in [7, 11) is 0. The number of hydrogen-bond acceptors (Lipinski definition) is 0. The van der Waals surface area contributed by atoms with E-state index in [2.05, 4.69) is 44.3 Å². The molecule has 0 N–H and O–H groups in total. The van der Waals surface area contributed by atoms with E-state index in [1.807, 2.05) is 0 Å². The van der Waals surface area contributed by atoms with Gasteiger partial charge in [0.15, 0.2) is 0 Å². The second-order valence-corrected chi connectivity index (χ2v) is 8.72. The van der Waals surface area contributed by atoms with Gasteiger partial charge in [0.2, 0.25) is 0 Å². The summed E-state index contributed by atoms with van der Waals surface area (Å²) in [6.07, 6.45) is 14.7. The molecule has 0 nitrogen and oxygen atoms in total. The first-order chi connectivity index (χ1) is 12.1. The van der Waals surface area contributed by atoms with Crippen LogP contribution in [0.25, 0.3) is 0 Å². The summed E-state index contributed by atoms with van der Waals surface area (Å²) >= 11 is 0. The molecule has 1 aromatic carbocycles. The lowest BCUT2D eigenvalue weighted by Gasteiger charge is -2.29. The van der Waals surface area contributed by atoms with Gasteiger partial charge >= 0.3 is 0 Å². The third-order valence-electron chi connectivity index (χ3n) is 6.43. The highest BCUT2D eigenvalue weighted by Crippen LogP contribution is 2.36. The minimum absolute atomic E-state index is 0. The molecule has 1 atom stereocenters. The van der Waals surface area contributed by atoms with Crippen LogP contribution in [0.2, 0.25) is 0 Å². The van der Waals surface area contributed by atoms with Gasteiger partial charge in [-0.05, 0) is 67.4 Å². The summed E-state index contributed by atoms with van der Waals surface area (Å²) in [6, 6.07) is 8.92. The fourth-order valence-electron chi connectivity index (χ4n) is 4.30. The smallest absolute Gasteiger partial charge is 0.0108 e. The molecule has 0 aromatic heterocycles. The fourth-order valence-corrected chi connectivity index (χ4v) is 4.30. The first-order valence-corrected chi connectivity index (χ1v) is 10.6. The summed E-state index contributed by atoms with van der Waals surface area (Å²) in [5.41, 5.74) is 5.98. The highest BCUT2D eigenvalue weighted by molar-refractivity contribution is 5.32. The minimum Gasteiger partial charge on any atom is -0.0993 e. The van der Waals surface area contributed by atoms with E-state index in [4.69, 9.17) is 0 Å². The molecule has 0 bridgehead atoms. The molecule has 0 radical (unpaired) electrons. The maximum atomic E-state index is 4.43. The third-order valence-corrected chi connectivity index (χ3v) is 6.43. The summed E-state index contributed by atoms with van der Waals surface area (Å²) in [5, 5.41) is 0. The molecular formula is C26H40. The number of benzene rings is 1. The first kappa shape index (κ1) is 21.0. The van der Waals surface area contributed by atoms with Crippen molar-refractivity contribution < 1.29 is 0 Å². The Balaban J connectivity index is 0.000000430. The largest absolute Gasteiger partial charge is 0.0993 e. The number of rotatable bonds is 4. The predicted octanol–water partition coefficient (Wildman–Crippen LogP) is 7.93. The number of aryl methyl sites for hydroxylation is 1. The molecule has 1 unspecified atom stereocenters. The van der Waals surface area contributed by atoms with E-state index >= 15 is 0 Å². The highest BCUT2D eigenvalue weighted by atomic mass is 14.3. The van der Waals surface area contributed by atoms with E-state index in [0.29, 0.717) is 5.92 Å². The lowest BCUT2D eigenvalue weighted by molar-refractivity contribution is 0.395. The summed E-state index contributed by atoms with van der Waals surface area (Å²) in [6.45, 7) is 11.1. The Labute approximate surface area is 162 Å². The van der Waals surface area contributed by atoms with Crippen molar-refractivity contribution in [2.75, 3.05) is 0 Å². The van der Waals surface area contributed by atoms with Gasteiger partial charge in [0.25, 0.3) is 0 Å². The Morgan fingerprint density at radius 2 is 1.42 bits per heavy atom. The molecule has 1 aromatic rings. The molecule has 144 valence electrons. The van der Waals surface area contributed by atoms with Gasteiger partial charge in [0.1, 0.15) is 0 Å². The highest BCUT2D eigenvalue weighted by Gasteiger charge is 2.23. The van der Waals surface area contributed by atoms with Gasteiger partial charge in [-0.2, -0.15) is 0 Å². The Morgan fingerprint density at radius 3 is 2.04 bits per heavy atom. The Morgan fingerprint density at radius 1 is 0.846 bits per heavy atom. The van der Waals surface area contributed by atoms with Crippen molar-refractivity contribution in [3.63, 3.8) is 0 Å². The lowest BCUT2D eigenvalue weighted by Crippen LogP contribution is -2.17.